The summed E-state index contributed by atoms with van der Waals surface area (Å²) in [6.45, 7) is 3.87. The van der Waals surface area contributed by atoms with Gasteiger partial charge in [0.25, 0.3) is 11.8 Å². The maximum Gasteiger partial charge on any atom is 0.284 e. The number of piperidine rings is 1. The van der Waals surface area contributed by atoms with Crippen molar-refractivity contribution in [3.8, 4) is 0 Å². The van der Waals surface area contributed by atoms with Crippen molar-refractivity contribution in [1.29, 1.82) is 0 Å². The van der Waals surface area contributed by atoms with E-state index in [1.165, 1.54) is 30.4 Å². The Balaban J connectivity index is 0.00000361. The first kappa shape index (κ1) is 27.8. The van der Waals surface area contributed by atoms with Crippen LogP contribution < -0.4 is 16.0 Å². The SMILES string of the molecule is CC(=O)N1CC[C@H](NC(=S)C(=O)Nc2ccc(F)cn2)[C@H](NC(=O)c2nc3c(s2)CN(C)CC3)C1.Cl. The first-order valence-corrected chi connectivity index (χ1v) is 12.4. The highest BCUT2D eigenvalue weighted by Gasteiger charge is 2.34. The second-order valence-corrected chi connectivity index (χ2v) is 10.1. The third-order valence-corrected chi connectivity index (χ3v) is 7.37. The number of thiocarbonyl (C=S) groups is 1. The Morgan fingerprint density at radius 3 is 2.67 bits per heavy atom. The summed E-state index contributed by atoms with van der Waals surface area (Å²) in [6, 6.07) is 1.64. The number of amides is 3. The molecule has 4 heterocycles. The van der Waals surface area contributed by atoms with Crippen LogP contribution in [0, 0.1) is 5.82 Å². The van der Waals surface area contributed by atoms with Gasteiger partial charge in [-0.05, 0) is 25.6 Å². The van der Waals surface area contributed by atoms with Crippen LogP contribution in [0.5, 0.6) is 0 Å². The molecule has 194 valence electrons. The number of hydrogen-bond acceptors (Lipinski definition) is 8. The fourth-order valence-corrected chi connectivity index (χ4v) is 5.36. The Morgan fingerprint density at radius 1 is 1.19 bits per heavy atom. The summed E-state index contributed by atoms with van der Waals surface area (Å²) in [5, 5.41) is 8.89. The lowest BCUT2D eigenvalue weighted by Crippen LogP contribution is -2.61. The Bertz CT molecular complexity index is 1150. The van der Waals surface area contributed by atoms with Crippen LogP contribution in [0.1, 0.15) is 33.7 Å². The van der Waals surface area contributed by atoms with E-state index < -0.39 is 17.8 Å². The van der Waals surface area contributed by atoms with Crippen molar-refractivity contribution in [3.63, 3.8) is 0 Å². The number of anilines is 1. The van der Waals surface area contributed by atoms with E-state index in [0.717, 1.165) is 36.3 Å². The summed E-state index contributed by atoms with van der Waals surface area (Å²) in [7, 11) is 2.03. The average molecular weight is 556 g/mol. The van der Waals surface area contributed by atoms with Crippen LogP contribution in [-0.4, -0.2) is 81.2 Å². The number of carbonyl (C=O) groups excluding carboxylic acids is 3. The van der Waals surface area contributed by atoms with E-state index in [-0.39, 0.29) is 47.6 Å². The van der Waals surface area contributed by atoms with Crippen molar-refractivity contribution in [2.45, 2.75) is 38.4 Å². The molecule has 2 aromatic heterocycles. The lowest BCUT2D eigenvalue weighted by Gasteiger charge is -2.39. The standard InChI is InChI=1S/C22H26FN7O3S2.ClH/c1-12(31)30-8-6-14(26-21(34)19(32)28-18-4-3-13(23)9-24-18)16(10-30)25-20(33)22-27-15-5-7-29(2)11-17(15)35-22;/h3-4,9,14,16H,5-8,10-11H2,1-2H3,(H,25,33)(H,26,34)(H,24,28,32);1H/t14-,16+;/m0./s1. The number of thiazole rings is 1. The highest BCUT2D eigenvalue weighted by Crippen LogP contribution is 2.25. The molecular formula is C22H27ClFN7O3S2. The van der Waals surface area contributed by atoms with E-state index in [1.54, 1.807) is 4.90 Å². The number of nitrogens with zero attached hydrogens (tertiary/aromatic N) is 4. The highest BCUT2D eigenvalue weighted by atomic mass is 35.5. The third kappa shape index (κ3) is 6.72. The van der Waals surface area contributed by atoms with Crippen LogP contribution in [0.4, 0.5) is 10.2 Å². The van der Waals surface area contributed by atoms with Crippen molar-refractivity contribution in [2.75, 3.05) is 32.0 Å². The molecular weight excluding hydrogens is 529 g/mol. The first-order chi connectivity index (χ1) is 16.7. The number of hydrogen-bond donors (Lipinski definition) is 3. The van der Waals surface area contributed by atoms with Crippen LogP contribution in [0.15, 0.2) is 18.3 Å². The second-order valence-electron chi connectivity index (χ2n) is 8.61. The van der Waals surface area contributed by atoms with Gasteiger partial charge in [-0.1, -0.05) is 12.2 Å². The van der Waals surface area contributed by atoms with Gasteiger partial charge < -0.3 is 25.8 Å². The Hall–Kier alpha value is -2.74. The van der Waals surface area contributed by atoms with E-state index in [2.05, 4.69) is 30.8 Å². The molecule has 1 fully saturated rings. The fourth-order valence-electron chi connectivity index (χ4n) is 4.06. The van der Waals surface area contributed by atoms with Crippen LogP contribution in [0.25, 0.3) is 0 Å². The largest absolute Gasteiger partial charge is 0.367 e. The van der Waals surface area contributed by atoms with E-state index in [0.29, 0.717) is 18.0 Å². The van der Waals surface area contributed by atoms with Gasteiger partial charge in [-0.3, -0.25) is 14.4 Å². The molecule has 10 nitrogen and oxygen atoms in total. The molecule has 3 amide bonds. The molecule has 36 heavy (non-hydrogen) atoms. The van der Waals surface area contributed by atoms with Crippen molar-refractivity contribution in [3.05, 3.63) is 39.7 Å². The quantitative estimate of drug-likeness (QED) is 0.484. The summed E-state index contributed by atoms with van der Waals surface area (Å²) < 4.78 is 13.1. The van der Waals surface area contributed by atoms with E-state index in [9.17, 15) is 18.8 Å². The van der Waals surface area contributed by atoms with E-state index in [4.69, 9.17) is 12.2 Å². The second kappa shape index (κ2) is 12.0. The molecule has 0 aromatic carbocycles. The molecule has 1 saturated heterocycles. The third-order valence-electron chi connectivity index (χ3n) is 5.98. The molecule has 2 atom stereocenters. The summed E-state index contributed by atoms with van der Waals surface area (Å²) in [5.41, 5.74) is 0.953. The molecule has 3 N–H and O–H groups in total. The Labute approximate surface area is 223 Å². The molecule has 0 aliphatic carbocycles. The summed E-state index contributed by atoms with van der Waals surface area (Å²) >= 11 is 6.64. The Kier molecular flexibility index (Phi) is 9.28. The van der Waals surface area contributed by atoms with Crippen molar-refractivity contribution in [2.24, 2.45) is 0 Å². The van der Waals surface area contributed by atoms with Gasteiger partial charge in [-0.15, -0.1) is 23.7 Å². The smallest absolute Gasteiger partial charge is 0.284 e. The van der Waals surface area contributed by atoms with Crippen LogP contribution in [0.3, 0.4) is 0 Å². The lowest BCUT2D eigenvalue weighted by atomic mass is 9.98. The van der Waals surface area contributed by atoms with Gasteiger partial charge in [-0.25, -0.2) is 14.4 Å². The number of fused-ring (bicyclic) bond motifs is 1. The van der Waals surface area contributed by atoms with Crippen molar-refractivity contribution < 1.29 is 18.8 Å². The zero-order valence-electron chi connectivity index (χ0n) is 19.7. The minimum absolute atomic E-state index is 0. The fraction of sp³-hybridized carbons (Fsp3) is 0.455. The minimum Gasteiger partial charge on any atom is -0.367 e. The lowest BCUT2D eigenvalue weighted by molar-refractivity contribution is -0.130. The predicted octanol–water partition coefficient (Wildman–Crippen LogP) is 1.36. The first-order valence-electron chi connectivity index (χ1n) is 11.2. The molecule has 2 aromatic rings. The topological polar surface area (TPSA) is 120 Å². The molecule has 0 unspecified atom stereocenters. The van der Waals surface area contributed by atoms with Gasteiger partial charge in [-0.2, -0.15) is 0 Å². The van der Waals surface area contributed by atoms with E-state index >= 15 is 0 Å². The maximum absolute atomic E-state index is 13.1. The zero-order chi connectivity index (χ0) is 25.1. The number of nitrogens with one attached hydrogen (secondary N) is 3. The number of aromatic nitrogens is 2. The Morgan fingerprint density at radius 2 is 1.97 bits per heavy atom. The van der Waals surface area contributed by atoms with Crippen LogP contribution >= 0.6 is 36.0 Å². The summed E-state index contributed by atoms with van der Waals surface area (Å²) in [6.07, 6.45) is 2.27. The monoisotopic (exact) mass is 555 g/mol. The number of halogens is 2. The molecule has 14 heteroatoms. The van der Waals surface area contributed by atoms with Gasteiger partial charge in [0.15, 0.2) is 10.00 Å². The predicted molar refractivity (Wildman–Crippen MR) is 140 cm³/mol. The number of likely N-dealkylation sites (N-methyl/N-ethyl adjacent to an activating group) is 1. The van der Waals surface area contributed by atoms with Gasteiger partial charge in [0.05, 0.1) is 24.0 Å². The molecule has 0 bridgehead atoms. The summed E-state index contributed by atoms with van der Waals surface area (Å²) in [4.78, 5) is 50.7. The van der Waals surface area contributed by atoms with Crippen LogP contribution in [0.2, 0.25) is 0 Å². The molecule has 0 radical (unpaired) electrons. The van der Waals surface area contributed by atoms with Crippen LogP contribution in [-0.2, 0) is 22.6 Å². The van der Waals surface area contributed by atoms with E-state index in [1.807, 2.05) is 7.05 Å². The molecule has 2 aliphatic rings. The summed E-state index contributed by atoms with van der Waals surface area (Å²) in [5.74, 6) is -1.38. The van der Waals surface area contributed by atoms with Gasteiger partial charge >= 0.3 is 0 Å². The molecule has 4 rings (SSSR count). The average Bonchev–Trinajstić information content (AvgIpc) is 3.25. The number of carbonyl (C=O) groups is 3. The molecule has 0 saturated carbocycles. The normalized spacial score (nSPS) is 19.5. The number of rotatable bonds is 4. The van der Waals surface area contributed by atoms with Crippen molar-refractivity contribution in [1.82, 2.24) is 30.4 Å². The minimum atomic E-state index is -0.602. The molecule has 2 aliphatic heterocycles. The highest BCUT2D eigenvalue weighted by molar-refractivity contribution is 7.82. The zero-order valence-corrected chi connectivity index (χ0v) is 22.2. The van der Waals surface area contributed by atoms with Crippen molar-refractivity contribution >= 4 is 64.5 Å². The van der Waals surface area contributed by atoms with Gasteiger partial charge in [0.1, 0.15) is 11.6 Å². The maximum atomic E-state index is 13.1. The van der Waals surface area contributed by atoms with Gasteiger partial charge in [0.2, 0.25) is 5.91 Å². The molecule has 0 spiro atoms. The van der Waals surface area contributed by atoms with Gasteiger partial charge in [0, 0.05) is 44.4 Å². The number of pyridine rings is 1. The number of likely N-dealkylation sites (tertiary alicyclic amines) is 1.